The summed E-state index contributed by atoms with van der Waals surface area (Å²) in [5.74, 6) is 1.39. The van der Waals surface area contributed by atoms with E-state index in [9.17, 15) is 9.59 Å². The molecule has 2 amide bonds. The Morgan fingerprint density at radius 2 is 1.79 bits per heavy atom. The van der Waals surface area contributed by atoms with Gasteiger partial charge in [-0.3, -0.25) is 9.59 Å². The third-order valence-electron chi connectivity index (χ3n) is 4.78. The summed E-state index contributed by atoms with van der Waals surface area (Å²) in [4.78, 5) is 25.9. The molecule has 1 aliphatic heterocycles. The highest BCUT2D eigenvalue weighted by Gasteiger charge is 2.20. The normalized spacial score (nSPS) is 13.5. The lowest BCUT2D eigenvalue weighted by atomic mass is 10.1. The van der Waals surface area contributed by atoms with Crippen LogP contribution in [0, 0.1) is 0 Å². The van der Waals surface area contributed by atoms with Gasteiger partial charge in [-0.1, -0.05) is 36.4 Å². The molecule has 6 nitrogen and oxygen atoms in total. The lowest BCUT2D eigenvalue weighted by molar-refractivity contribution is -0.128. The van der Waals surface area contributed by atoms with Crippen LogP contribution in [-0.2, 0) is 22.7 Å². The Kier molecular flexibility index (Phi) is 6.89. The van der Waals surface area contributed by atoms with Crippen molar-refractivity contribution in [3.05, 3.63) is 59.7 Å². The van der Waals surface area contributed by atoms with Crippen LogP contribution in [0.1, 0.15) is 30.4 Å². The van der Waals surface area contributed by atoms with Gasteiger partial charge in [-0.15, -0.1) is 0 Å². The predicted octanol–water partition coefficient (Wildman–Crippen LogP) is 2.90. The van der Waals surface area contributed by atoms with E-state index in [4.69, 9.17) is 9.47 Å². The Morgan fingerprint density at radius 3 is 2.50 bits per heavy atom. The van der Waals surface area contributed by atoms with Crippen molar-refractivity contribution in [2.75, 3.05) is 20.3 Å². The first-order chi connectivity index (χ1) is 13.7. The molecule has 1 heterocycles. The van der Waals surface area contributed by atoms with Gasteiger partial charge in [0.15, 0.2) is 11.5 Å². The van der Waals surface area contributed by atoms with Crippen LogP contribution in [0.2, 0.25) is 0 Å². The van der Waals surface area contributed by atoms with Crippen LogP contribution in [-0.4, -0.2) is 37.0 Å². The second kappa shape index (κ2) is 9.78. The Morgan fingerprint density at radius 1 is 1.07 bits per heavy atom. The average Bonchev–Trinajstić information content (AvgIpc) is 3.12. The van der Waals surface area contributed by atoms with Crippen molar-refractivity contribution in [3.63, 3.8) is 0 Å². The second-order valence-corrected chi connectivity index (χ2v) is 6.71. The van der Waals surface area contributed by atoms with Crippen LogP contribution in [0.15, 0.2) is 48.5 Å². The molecule has 0 bridgehead atoms. The SMILES string of the molecule is COc1ccccc1OCCC(=O)NCc1ccccc1CN1CCCC1=O. The maximum atomic E-state index is 12.2. The van der Waals surface area contributed by atoms with Crippen LogP contribution in [0.4, 0.5) is 0 Å². The van der Waals surface area contributed by atoms with Gasteiger partial charge in [0.25, 0.3) is 0 Å². The van der Waals surface area contributed by atoms with Gasteiger partial charge in [0.05, 0.1) is 20.1 Å². The summed E-state index contributed by atoms with van der Waals surface area (Å²) < 4.78 is 10.9. The molecule has 2 aromatic carbocycles. The van der Waals surface area contributed by atoms with Crippen LogP contribution in [0.3, 0.4) is 0 Å². The number of hydrogen-bond donors (Lipinski definition) is 1. The van der Waals surface area contributed by atoms with Crippen molar-refractivity contribution in [1.82, 2.24) is 10.2 Å². The Labute approximate surface area is 165 Å². The molecule has 6 heteroatoms. The number of rotatable bonds is 9. The smallest absolute Gasteiger partial charge is 0.223 e. The van der Waals surface area contributed by atoms with Crippen molar-refractivity contribution >= 4 is 11.8 Å². The van der Waals surface area contributed by atoms with Gasteiger partial charge in [-0.05, 0) is 29.7 Å². The molecule has 1 aliphatic rings. The third kappa shape index (κ3) is 5.25. The molecule has 3 rings (SSSR count). The van der Waals surface area contributed by atoms with E-state index in [-0.39, 0.29) is 24.8 Å². The number of benzene rings is 2. The van der Waals surface area contributed by atoms with Crippen LogP contribution < -0.4 is 14.8 Å². The molecular weight excluding hydrogens is 356 g/mol. The maximum absolute atomic E-state index is 12.2. The number of ether oxygens (including phenoxy) is 2. The zero-order chi connectivity index (χ0) is 19.8. The molecule has 0 spiro atoms. The molecule has 0 aromatic heterocycles. The standard InChI is InChI=1S/C22H26N2O4/c1-27-19-9-4-5-10-20(19)28-14-12-21(25)23-15-17-7-2-3-8-18(17)16-24-13-6-11-22(24)26/h2-5,7-10H,6,11-16H2,1H3,(H,23,25). The molecule has 0 radical (unpaired) electrons. The van der Waals surface area contributed by atoms with Gasteiger partial charge in [0.2, 0.25) is 11.8 Å². The Bertz CT molecular complexity index is 822. The van der Waals surface area contributed by atoms with E-state index in [2.05, 4.69) is 5.32 Å². The summed E-state index contributed by atoms with van der Waals surface area (Å²) in [5.41, 5.74) is 2.10. The van der Waals surface area contributed by atoms with Gasteiger partial charge in [-0.2, -0.15) is 0 Å². The summed E-state index contributed by atoms with van der Waals surface area (Å²) in [5, 5.41) is 2.94. The number of methoxy groups -OCH3 is 1. The molecule has 1 saturated heterocycles. The molecule has 0 atom stereocenters. The van der Waals surface area contributed by atoms with Gasteiger partial charge in [0, 0.05) is 26.1 Å². The monoisotopic (exact) mass is 382 g/mol. The molecule has 148 valence electrons. The fourth-order valence-corrected chi connectivity index (χ4v) is 3.23. The lowest BCUT2D eigenvalue weighted by Gasteiger charge is -2.18. The topological polar surface area (TPSA) is 67.9 Å². The van der Waals surface area contributed by atoms with Crippen molar-refractivity contribution in [2.24, 2.45) is 0 Å². The van der Waals surface area contributed by atoms with Crippen molar-refractivity contribution in [3.8, 4) is 11.5 Å². The first-order valence-electron chi connectivity index (χ1n) is 9.54. The van der Waals surface area contributed by atoms with E-state index >= 15 is 0 Å². The van der Waals surface area contributed by atoms with E-state index < -0.39 is 0 Å². The van der Waals surface area contributed by atoms with Gasteiger partial charge in [0.1, 0.15) is 0 Å². The Balaban J connectivity index is 1.47. The quantitative estimate of drug-likeness (QED) is 0.724. The van der Waals surface area contributed by atoms with E-state index in [1.165, 1.54) is 0 Å². The minimum atomic E-state index is -0.0815. The molecule has 0 saturated carbocycles. The number of nitrogens with zero attached hydrogens (tertiary/aromatic N) is 1. The van der Waals surface area contributed by atoms with Crippen LogP contribution >= 0.6 is 0 Å². The van der Waals surface area contributed by atoms with Crippen molar-refractivity contribution < 1.29 is 19.1 Å². The number of hydrogen-bond acceptors (Lipinski definition) is 4. The van der Waals surface area contributed by atoms with E-state index in [0.717, 1.165) is 24.1 Å². The second-order valence-electron chi connectivity index (χ2n) is 6.71. The molecule has 0 unspecified atom stereocenters. The molecule has 1 fully saturated rings. The number of carbonyl (C=O) groups is 2. The summed E-state index contributed by atoms with van der Waals surface area (Å²) in [7, 11) is 1.59. The summed E-state index contributed by atoms with van der Waals surface area (Å²) in [6.45, 7) is 2.11. The zero-order valence-corrected chi connectivity index (χ0v) is 16.1. The number of para-hydroxylation sites is 2. The largest absolute Gasteiger partial charge is 0.493 e. The van der Waals surface area contributed by atoms with E-state index in [0.29, 0.717) is 31.0 Å². The van der Waals surface area contributed by atoms with Crippen molar-refractivity contribution in [2.45, 2.75) is 32.4 Å². The highest BCUT2D eigenvalue weighted by molar-refractivity contribution is 5.78. The van der Waals surface area contributed by atoms with Crippen molar-refractivity contribution in [1.29, 1.82) is 0 Å². The maximum Gasteiger partial charge on any atom is 0.223 e. The number of carbonyl (C=O) groups excluding carboxylic acids is 2. The molecule has 0 aliphatic carbocycles. The molecule has 2 aromatic rings. The highest BCUT2D eigenvalue weighted by atomic mass is 16.5. The van der Waals surface area contributed by atoms with Crippen LogP contribution in [0.25, 0.3) is 0 Å². The number of amides is 2. The summed E-state index contributed by atoms with van der Waals surface area (Å²) in [6, 6.07) is 15.3. The number of nitrogens with one attached hydrogen (secondary N) is 1. The van der Waals surface area contributed by atoms with Gasteiger partial charge in [-0.25, -0.2) is 0 Å². The zero-order valence-electron chi connectivity index (χ0n) is 16.1. The summed E-state index contributed by atoms with van der Waals surface area (Å²) >= 11 is 0. The van der Waals surface area contributed by atoms with E-state index in [1.807, 2.05) is 53.4 Å². The fourth-order valence-electron chi connectivity index (χ4n) is 3.23. The predicted molar refractivity (Wildman–Crippen MR) is 106 cm³/mol. The first-order valence-corrected chi connectivity index (χ1v) is 9.54. The third-order valence-corrected chi connectivity index (χ3v) is 4.78. The first kappa shape index (κ1) is 19.7. The van der Waals surface area contributed by atoms with Gasteiger partial charge >= 0.3 is 0 Å². The molecule has 1 N–H and O–H groups in total. The Hall–Kier alpha value is -3.02. The fraction of sp³-hybridized carbons (Fsp3) is 0.364. The average molecular weight is 382 g/mol. The molecular formula is C22H26N2O4. The number of likely N-dealkylation sites (tertiary alicyclic amines) is 1. The summed E-state index contributed by atoms with van der Waals surface area (Å²) in [6.07, 6.45) is 1.81. The molecule has 28 heavy (non-hydrogen) atoms. The van der Waals surface area contributed by atoms with Crippen LogP contribution in [0.5, 0.6) is 11.5 Å². The highest BCUT2D eigenvalue weighted by Crippen LogP contribution is 2.25. The minimum absolute atomic E-state index is 0.0815. The van der Waals surface area contributed by atoms with Gasteiger partial charge < -0.3 is 19.7 Å². The lowest BCUT2D eigenvalue weighted by Crippen LogP contribution is -2.27. The minimum Gasteiger partial charge on any atom is -0.493 e. The van der Waals surface area contributed by atoms with E-state index in [1.54, 1.807) is 7.11 Å².